The fourth-order valence-corrected chi connectivity index (χ4v) is 2.43. The van der Waals surface area contributed by atoms with Crippen molar-refractivity contribution >= 4 is 15.9 Å². The molecule has 1 fully saturated rings. The van der Waals surface area contributed by atoms with Crippen LogP contribution >= 0.6 is 15.9 Å². The van der Waals surface area contributed by atoms with Gasteiger partial charge in [0.2, 0.25) is 0 Å². The van der Waals surface area contributed by atoms with Gasteiger partial charge in [-0.15, -0.1) is 0 Å². The fraction of sp³-hybridized carbons (Fsp3) is 0.267. The van der Waals surface area contributed by atoms with E-state index in [1.54, 1.807) is 6.20 Å². The van der Waals surface area contributed by atoms with Crippen LogP contribution in [-0.2, 0) is 0 Å². The highest BCUT2D eigenvalue weighted by molar-refractivity contribution is 9.10. The van der Waals surface area contributed by atoms with Gasteiger partial charge in [-0.25, -0.2) is 4.98 Å². The van der Waals surface area contributed by atoms with E-state index < -0.39 is 0 Å². The molecule has 19 heavy (non-hydrogen) atoms. The summed E-state index contributed by atoms with van der Waals surface area (Å²) in [5.41, 5.74) is 1.87. The second-order valence-corrected chi connectivity index (χ2v) is 5.50. The molecule has 0 amide bonds. The average Bonchev–Trinajstić information content (AvgIpc) is 3.09. The molecule has 1 aliphatic rings. The molecule has 96 valence electrons. The van der Waals surface area contributed by atoms with Crippen molar-refractivity contribution in [2.45, 2.75) is 18.9 Å². The fourth-order valence-electron chi connectivity index (χ4n) is 2.17. The third kappa shape index (κ3) is 3.06. The number of imidazole rings is 1. The van der Waals surface area contributed by atoms with Crippen LogP contribution in [0, 0.1) is 11.8 Å². The summed E-state index contributed by atoms with van der Waals surface area (Å²) in [6.07, 6.45) is 4.17. The third-order valence-corrected chi connectivity index (χ3v) is 3.70. The summed E-state index contributed by atoms with van der Waals surface area (Å²) in [5.74, 6) is 7.24. The van der Waals surface area contributed by atoms with Crippen LogP contribution in [0.2, 0.25) is 0 Å². The van der Waals surface area contributed by atoms with Gasteiger partial charge in [0.15, 0.2) is 0 Å². The first-order valence-electron chi connectivity index (χ1n) is 6.37. The molecule has 3 rings (SSSR count). The van der Waals surface area contributed by atoms with Gasteiger partial charge in [0.05, 0.1) is 12.2 Å². The largest absolute Gasteiger partial charge is 0.334 e. The minimum Gasteiger partial charge on any atom is -0.334 e. The van der Waals surface area contributed by atoms with E-state index >= 15 is 0 Å². The zero-order valence-corrected chi connectivity index (χ0v) is 12.0. The Kier molecular flexibility index (Phi) is 3.67. The molecular weight excluding hydrogens is 302 g/mol. The van der Waals surface area contributed by atoms with E-state index in [-0.39, 0.29) is 0 Å². The van der Waals surface area contributed by atoms with Crippen molar-refractivity contribution in [1.82, 2.24) is 15.3 Å². The second kappa shape index (κ2) is 5.60. The standard InChI is InChI=1S/C15H14BrN3/c16-12-6-3-11(4-7-12)5-8-13-10-18-15(19-13)14-2-1-9-17-14/h3-4,6-7,10,14,17H,1-2,9H2,(H,18,19). The smallest absolute Gasteiger partial charge is 0.124 e. The number of halogens is 1. The number of aromatic nitrogens is 2. The van der Waals surface area contributed by atoms with Gasteiger partial charge in [-0.3, -0.25) is 0 Å². The Morgan fingerprint density at radius 3 is 2.79 bits per heavy atom. The molecule has 2 N–H and O–H groups in total. The van der Waals surface area contributed by atoms with Crippen LogP contribution in [0.25, 0.3) is 0 Å². The summed E-state index contributed by atoms with van der Waals surface area (Å²) in [6, 6.07) is 8.33. The first-order valence-corrected chi connectivity index (χ1v) is 7.16. The SMILES string of the molecule is Brc1ccc(C#Cc2cnc(C3CCCN3)[nH]2)cc1. The quantitative estimate of drug-likeness (QED) is 0.794. The van der Waals surface area contributed by atoms with Gasteiger partial charge in [0, 0.05) is 10.0 Å². The molecule has 1 unspecified atom stereocenters. The van der Waals surface area contributed by atoms with Crippen LogP contribution in [0.5, 0.6) is 0 Å². The summed E-state index contributed by atoms with van der Waals surface area (Å²) in [6.45, 7) is 1.07. The van der Waals surface area contributed by atoms with Gasteiger partial charge in [0.25, 0.3) is 0 Å². The van der Waals surface area contributed by atoms with Gasteiger partial charge in [-0.05, 0) is 49.6 Å². The van der Waals surface area contributed by atoms with Gasteiger partial charge in [-0.2, -0.15) is 0 Å². The number of rotatable bonds is 1. The zero-order chi connectivity index (χ0) is 13.1. The summed E-state index contributed by atoms with van der Waals surface area (Å²) < 4.78 is 1.06. The molecular formula is C15H14BrN3. The summed E-state index contributed by atoms with van der Waals surface area (Å²) >= 11 is 3.41. The molecule has 0 saturated carbocycles. The molecule has 1 aliphatic heterocycles. The lowest BCUT2D eigenvalue weighted by Crippen LogP contribution is -2.14. The van der Waals surface area contributed by atoms with Crippen molar-refractivity contribution in [2.75, 3.05) is 6.54 Å². The third-order valence-electron chi connectivity index (χ3n) is 3.17. The maximum atomic E-state index is 4.40. The zero-order valence-electron chi connectivity index (χ0n) is 10.4. The highest BCUT2D eigenvalue weighted by atomic mass is 79.9. The van der Waals surface area contributed by atoms with Gasteiger partial charge < -0.3 is 10.3 Å². The van der Waals surface area contributed by atoms with E-state index in [4.69, 9.17) is 0 Å². The van der Waals surface area contributed by atoms with E-state index in [0.29, 0.717) is 6.04 Å². The van der Waals surface area contributed by atoms with Crippen molar-refractivity contribution in [3.05, 3.63) is 52.0 Å². The number of nitrogens with zero attached hydrogens (tertiary/aromatic N) is 1. The van der Waals surface area contributed by atoms with Crippen LogP contribution in [0.3, 0.4) is 0 Å². The van der Waals surface area contributed by atoms with E-state index in [9.17, 15) is 0 Å². The van der Waals surface area contributed by atoms with E-state index in [1.165, 1.54) is 6.42 Å². The Balaban J connectivity index is 1.75. The first-order chi connectivity index (χ1) is 9.31. The predicted octanol–water partition coefficient (Wildman–Crippen LogP) is 3.00. The van der Waals surface area contributed by atoms with Crippen LogP contribution in [0.1, 0.15) is 36.0 Å². The molecule has 3 nitrogen and oxygen atoms in total. The van der Waals surface area contributed by atoms with Crippen LogP contribution in [0.4, 0.5) is 0 Å². The minimum atomic E-state index is 0.364. The molecule has 1 aromatic heterocycles. The topological polar surface area (TPSA) is 40.7 Å². The number of hydrogen-bond acceptors (Lipinski definition) is 2. The molecule has 4 heteroatoms. The molecule has 0 spiro atoms. The van der Waals surface area contributed by atoms with Gasteiger partial charge in [-0.1, -0.05) is 21.9 Å². The molecule has 1 aromatic carbocycles. The maximum Gasteiger partial charge on any atom is 0.124 e. The minimum absolute atomic E-state index is 0.364. The molecule has 1 atom stereocenters. The van der Waals surface area contributed by atoms with Gasteiger partial charge >= 0.3 is 0 Å². The number of aromatic amines is 1. The summed E-state index contributed by atoms with van der Waals surface area (Å²) in [7, 11) is 0. The number of nitrogens with one attached hydrogen (secondary N) is 2. The Hall–Kier alpha value is -1.57. The lowest BCUT2D eigenvalue weighted by Gasteiger charge is -2.04. The maximum absolute atomic E-state index is 4.40. The summed E-state index contributed by atoms with van der Waals surface area (Å²) in [4.78, 5) is 7.68. The van der Waals surface area contributed by atoms with Crippen molar-refractivity contribution < 1.29 is 0 Å². The monoisotopic (exact) mass is 315 g/mol. The lowest BCUT2D eigenvalue weighted by molar-refractivity contribution is 0.612. The molecule has 2 aromatic rings. The molecule has 2 heterocycles. The van der Waals surface area contributed by atoms with Crippen LogP contribution < -0.4 is 5.32 Å². The number of benzene rings is 1. The first kappa shape index (κ1) is 12.5. The van der Waals surface area contributed by atoms with E-state index in [0.717, 1.165) is 34.5 Å². The normalized spacial score (nSPS) is 18.1. The predicted molar refractivity (Wildman–Crippen MR) is 78.7 cm³/mol. The van der Waals surface area contributed by atoms with Crippen molar-refractivity contribution in [3.63, 3.8) is 0 Å². The molecule has 0 aliphatic carbocycles. The van der Waals surface area contributed by atoms with Crippen molar-refractivity contribution in [2.24, 2.45) is 0 Å². The number of H-pyrrole nitrogens is 1. The van der Waals surface area contributed by atoms with Crippen molar-refractivity contribution in [3.8, 4) is 11.8 Å². The highest BCUT2D eigenvalue weighted by Gasteiger charge is 2.18. The van der Waals surface area contributed by atoms with E-state index in [2.05, 4.69) is 43.1 Å². The highest BCUT2D eigenvalue weighted by Crippen LogP contribution is 2.19. The second-order valence-electron chi connectivity index (χ2n) is 4.59. The van der Waals surface area contributed by atoms with Gasteiger partial charge in [0.1, 0.15) is 11.5 Å². The molecule has 1 saturated heterocycles. The lowest BCUT2D eigenvalue weighted by atomic mass is 10.2. The molecule has 0 bridgehead atoms. The average molecular weight is 316 g/mol. The van der Waals surface area contributed by atoms with E-state index in [1.807, 2.05) is 24.3 Å². The van der Waals surface area contributed by atoms with Crippen LogP contribution in [0.15, 0.2) is 34.9 Å². The number of hydrogen-bond donors (Lipinski definition) is 2. The Labute approximate surface area is 121 Å². The Morgan fingerprint density at radius 1 is 1.21 bits per heavy atom. The van der Waals surface area contributed by atoms with Crippen molar-refractivity contribution in [1.29, 1.82) is 0 Å². The van der Waals surface area contributed by atoms with Crippen LogP contribution in [-0.4, -0.2) is 16.5 Å². The Morgan fingerprint density at radius 2 is 2.05 bits per heavy atom. The molecule has 0 radical (unpaired) electrons. The summed E-state index contributed by atoms with van der Waals surface area (Å²) in [5, 5.41) is 3.42. The Bertz CT molecular complexity index is 613.